The van der Waals surface area contributed by atoms with Gasteiger partial charge in [-0.25, -0.2) is 4.39 Å². The molecule has 0 bridgehead atoms. The molecule has 1 unspecified atom stereocenters. The van der Waals surface area contributed by atoms with Gasteiger partial charge in [0.25, 0.3) is 0 Å². The van der Waals surface area contributed by atoms with E-state index in [1.807, 2.05) is 12.1 Å². The van der Waals surface area contributed by atoms with Crippen LogP contribution in [0, 0.1) is 5.82 Å². The zero-order chi connectivity index (χ0) is 13.7. The molecule has 1 saturated heterocycles. The third-order valence-corrected chi connectivity index (χ3v) is 3.82. The number of benzene rings is 1. The maximum absolute atomic E-state index is 13.7. The van der Waals surface area contributed by atoms with Crippen molar-refractivity contribution >= 4 is 5.69 Å². The van der Waals surface area contributed by atoms with E-state index in [0.29, 0.717) is 6.04 Å². The summed E-state index contributed by atoms with van der Waals surface area (Å²) in [5.41, 5.74) is 0.737. The van der Waals surface area contributed by atoms with Gasteiger partial charge in [0, 0.05) is 38.8 Å². The molecule has 0 amide bonds. The number of nitrogens with one attached hydrogen (secondary N) is 1. The van der Waals surface area contributed by atoms with E-state index in [9.17, 15) is 4.39 Å². The molecule has 0 aromatic heterocycles. The molecule has 106 valence electrons. The predicted molar refractivity (Wildman–Crippen MR) is 78.2 cm³/mol. The molecule has 0 spiro atoms. The highest BCUT2D eigenvalue weighted by Crippen LogP contribution is 2.20. The van der Waals surface area contributed by atoms with Crippen LogP contribution in [0.5, 0.6) is 0 Å². The van der Waals surface area contributed by atoms with Crippen LogP contribution in [-0.2, 0) is 0 Å². The molecule has 1 aliphatic rings. The molecule has 1 heterocycles. The Balaban J connectivity index is 1.87. The first-order valence-electron chi connectivity index (χ1n) is 7.16. The highest BCUT2D eigenvalue weighted by Gasteiger charge is 2.22. The summed E-state index contributed by atoms with van der Waals surface area (Å²) in [6, 6.07) is 7.59. The van der Waals surface area contributed by atoms with E-state index in [-0.39, 0.29) is 5.82 Å². The molecular weight excluding hydrogens is 241 g/mol. The van der Waals surface area contributed by atoms with Crippen LogP contribution >= 0.6 is 0 Å². The second kappa shape index (κ2) is 6.87. The van der Waals surface area contributed by atoms with Crippen molar-refractivity contribution in [1.82, 2.24) is 10.2 Å². The monoisotopic (exact) mass is 265 g/mol. The van der Waals surface area contributed by atoms with Gasteiger partial charge in [-0.3, -0.25) is 4.90 Å². The fraction of sp³-hybridized carbons (Fsp3) is 0.600. The van der Waals surface area contributed by atoms with Gasteiger partial charge in [0.2, 0.25) is 0 Å². The van der Waals surface area contributed by atoms with Crippen molar-refractivity contribution in [1.29, 1.82) is 0 Å². The van der Waals surface area contributed by atoms with Crippen LogP contribution in [0.1, 0.15) is 13.8 Å². The Morgan fingerprint density at radius 3 is 2.53 bits per heavy atom. The second-order valence-corrected chi connectivity index (χ2v) is 5.13. The lowest BCUT2D eigenvalue weighted by Crippen LogP contribution is -2.52. The Morgan fingerprint density at radius 1 is 1.21 bits per heavy atom. The van der Waals surface area contributed by atoms with Gasteiger partial charge in [-0.2, -0.15) is 0 Å². The largest absolute Gasteiger partial charge is 0.367 e. The van der Waals surface area contributed by atoms with Crippen LogP contribution in [0.15, 0.2) is 24.3 Å². The average Bonchev–Trinajstić information content (AvgIpc) is 2.45. The highest BCUT2D eigenvalue weighted by molar-refractivity contribution is 5.47. The van der Waals surface area contributed by atoms with Gasteiger partial charge in [0.05, 0.1) is 5.69 Å². The number of likely N-dealkylation sites (N-methyl/N-ethyl adjacent to an activating group) is 1. The van der Waals surface area contributed by atoms with Crippen molar-refractivity contribution in [2.24, 2.45) is 0 Å². The van der Waals surface area contributed by atoms with E-state index in [1.165, 1.54) is 6.07 Å². The van der Waals surface area contributed by atoms with Gasteiger partial charge in [0.15, 0.2) is 0 Å². The van der Waals surface area contributed by atoms with Gasteiger partial charge in [-0.1, -0.05) is 19.1 Å². The summed E-state index contributed by atoms with van der Waals surface area (Å²) in [5, 5.41) is 3.38. The minimum absolute atomic E-state index is 0.114. The Hall–Kier alpha value is -1.13. The Bertz CT molecular complexity index is 389. The maximum Gasteiger partial charge on any atom is 0.146 e. The summed E-state index contributed by atoms with van der Waals surface area (Å²) < 4.78 is 13.7. The Morgan fingerprint density at radius 2 is 1.89 bits per heavy atom. The van der Waals surface area contributed by atoms with Crippen LogP contribution < -0.4 is 10.2 Å². The SMILES string of the molecule is CCNCC(C)N1CCN(c2ccccc2F)CC1. The number of piperazine rings is 1. The van der Waals surface area contributed by atoms with Crippen molar-refractivity contribution in [3.8, 4) is 0 Å². The molecule has 1 aliphatic heterocycles. The molecule has 1 fully saturated rings. The summed E-state index contributed by atoms with van der Waals surface area (Å²) in [6.45, 7) is 10.2. The number of anilines is 1. The topological polar surface area (TPSA) is 18.5 Å². The summed E-state index contributed by atoms with van der Waals surface area (Å²) in [6.07, 6.45) is 0. The van der Waals surface area contributed by atoms with Crippen LogP contribution in [0.3, 0.4) is 0 Å². The van der Waals surface area contributed by atoms with E-state index in [4.69, 9.17) is 0 Å². The van der Waals surface area contributed by atoms with Gasteiger partial charge in [0.1, 0.15) is 5.82 Å². The molecule has 1 aromatic rings. The van der Waals surface area contributed by atoms with E-state index >= 15 is 0 Å². The van der Waals surface area contributed by atoms with Gasteiger partial charge in [-0.15, -0.1) is 0 Å². The number of para-hydroxylation sites is 1. The van der Waals surface area contributed by atoms with Crippen molar-refractivity contribution in [3.63, 3.8) is 0 Å². The van der Waals surface area contributed by atoms with E-state index in [2.05, 4.69) is 29.0 Å². The minimum atomic E-state index is -0.114. The number of nitrogens with zero attached hydrogens (tertiary/aromatic N) is 2. The third kappa shape index (κ3) is 3.67. The van der Waals surface area contributed by atoms with Gasteiger partial charge < -0.3 is 10.2 Å². The second-order valence-electron chi connectivity index (χ2n) is 5.13. The number of hydrogen-bond acceptors (Lipinski definition) is 3. The summed E-state index contributed by atoms with van der Waals surface area (Å²) in [7, 11) is 0. The first kappa shape index (κ1) is 14.3. The lowest BCUT2D eigenvalue weighted by atomic mass is 10.2. The van der Waals surface area contributed by atoms with Crippen molar-refractivity contribution in [2.75, 3.05) is 44.2 Å². The van der Waals surface area contributed by atoms with Crippen LogP contribution in [0.25, 0.3) is 0 Å². The molecule has 1 N–H and O–H groups in total. The molecule has 0 radical (unpaired) electrons. The number of halogens is 1. The zero-order valence-corrected chi connectivity index (χ0v) is 11.9. The predicted octanol–water partition coefficient (Wildman–Crippen LogP) is 1.95. The van der Waals surface area contributed by atoms with Crippen LogP contribution in [0.2, 0.25) is 0 Å². The van der Waals surface area contributed by atoms with E-state index in [1.54, 1.807) is 6.07 Å². The summed E-state index contributed by atoms with van der Waals surface area (Å²) in [5.74, 6) is -0.114. The molecule has 0 aliphatic carbocycles. The van der Waals surface area contributed by atoms with Crippen LogP contribution in [0.4, 0.5) is 10.1 Å². The molecule has 4 heteroatoms. The van der Waals surface area contributed by atoms with E-state index in [0.717, 1.165) is 45.0 Å². The molecule has 2 rings (SSSR count). The Labute approximate surface area is 115 Å². The molecule has 1 atom stereocenters. The summed E-state index contributed by atoms with van der Waals surface area (Å²) in [4.78, 5) is 4.62. The quantitative estimate of drug-likeness (QED) is 0.878. The van der Waals surface area contributed by atoms with Crippen molar-refractivity contribution < 1.29 is 4.39 Å². The lowest BCUT2D eigenvalue weighted by Gasteiger charge is -2.39. The van der Waals surface area contributed by atoms with Crippen molar-refractivity contribution in [3.05, 3.63) is 30.1 Å². The molecule has 1 aromatic carbocycles. The fourth-order valence-electron chi connectivity index (χ4n) is 2.59. The molecular formula is C15H24FN3. The first-order valence-corrected chi connectivity index (χ1v) is 7.16. The summed E-state index contributed by atoms with van der Waals surface area (Å²) >= 11 is 0. The number of hydrogen-bond donors (Lipinski definition) is 1. The lowest BCUT2D eigenvalue weighted by molar-refractivity contribution is 0.193. The normalized spacial score (nSPS) is 18.6. The molecule has 0 saturated carbocycles. The molecule has 19 heavy (non-hydrogen) atoms. The van der Waals surface area contributed by atoms with Crippen LogP contribution in [-0.4, -0.2) is 50.2 Å². The highest BCUT2D eigenvalue weighted by atomic mass is 19.1. The van der Waals surface area contributed by atoms with E-state index < -0.39 is 0 Å². The van der Waals surface area contributed by atoms with Gasteiger partial charge in [-0.05, 0) is 25.6 Å². The number of rotatable bonds is 5. The average molecular weight is 265 g/mol. The Kier molecular flexibility index (Phi) is 5.16. The third-order valence-electron chi connectivity index (χ3n) is 3.82. The standard InChI is InChI=1S/C15H24FN3/c1-3-17-12-13(2)18-8-10-19(11-9-18)15-7-5-4-6-14(15)16/h4-7,13,17H,3,8-12H2,1-2H3. The zero-order valence-electron chi connectivity index (χ0n) is 11.9. The molecule has 3 nitrogen and oxygen atoms in total. The van der Waals surface area contributed by atoms with Gasteiger partial charge >= 0.3 is 0 Å². The fourth-order valence-corrected chi connectivity index (χ4v) is 2.59. The first-order chi connectivity index (χ1) is 9.22. The smallest absolute Gasteiger partial charge is 0.146 e. The minimum Gasteiger partial charge on any atom is -0.367 e. The van der Waals surface area contributed by atoms with Crippen molar-refractivity contribution in [2.45, 2.75) is 19.9 Å². The maximum atomic E-state index is 13.7.